The van der Waals surface area contributed by atoms with Crippen molar-refractivity contribution >= 4 is 28.9 Å². The number of Topliss-reactive ketones (excluding diaryl/α,β-unsaturated/α-hetero) is 2. The second kappa shape index (κ2) is 8.23. The molecule has 0 spiro atoms. The van der Waals surface area contributed by atoms with Gasteiger partial charge in [0, 0.05) is 24.5 Å². The third-order valence-corrected chi connectivity index (χ3v) is 5.29. The van der Waals surface area contributed by atoms with Crippen LogP contribution in [-0.4, -0.2) is 42.0 Å². The molecule has 0 radical (unpaired) electrons. The molecule has 0 amide bonds. The number of carbonyl (C=O) groups is 2. The van der Waals surface area contributed by atoms with Crippen LogP contribution in [0.5, 0.6) is 0 Å². The van der Waals surface area contributed by atoms with Gasteiger partial charge in [0.05, 0.1) is 25.5 Å². The number of allylic oxidation sites excluding steroid dienone is 1. The molecule has 2 bridgehead atoms. The Morgan fingerprint density at radius 1 is 1.25 bits per heavy atom. The number of nitrogens with zero attached hydrogens (tertiary/aromatic N) is 1. The highest BCUT2D eigenvalue weighted by Crippen LogP contribution is 2.42. The first-order valence-corrected chi connectivity index (χ1v) is 9.27. The number of halogens is 3. The number of rotatable bonds is 7. The smallest absolute Gasteiger partial charge is 0.364 e. The lowest BCUT2D eigenvalue weighted by atomic mass is 9.81. The molecule has 2 aliphatic rings. The number of alkyl halides is 3. The van der Waals surface area contributed by atoms with Crippen molar-refractivity contribution in [1.29, 1.82) is 0 Å². The quantitative estimate of drug-likeness (QED) is 0.241. The molecular weight excluding hydrogens is 396 g/mol. The molecule has 28 heavy (non-hydrogen) atoms. The van der Waals surface area contributed by atoms with Crippen molar-refractivity contribution in [3.05, 3.63) is 34.7 Å². The molecule has 2 saturated carbocycles. The summed E-state index contributed by atoms with van der Waals surface area (Å²) in [5.74, 6) is -1.95. The maximum atomic E-state index is 13.5. The fourth-order valence-corrected chi connectivity index (χ4v) is 3.76. The summed E-state index contributed by atoms with van der Waals surface area (Å²) in [5.41, 5.74) is -1.04. The van der Waals surface area contributed by atoms with E-state index in [1.54, 1.807) is 0 Å². The number of ether oxygens (including phenoxy) is 2. The van der Waals surface area contributed by atoms with Crippen LogP contribution in [-0.2, 0) is 31.1 Å². The Hall–Kier alpha value is -1.90. The zero-order valence-corrected chi connectivity index (χ0v) is 16.0. The van der Waals surface area contributed by atoms with Crippen LogP contribution in [0.3, 0.4) is 0 Å². The van der Waals surface area contributed by atoms with Crippen molar-refractivity contribution in [2.45, 2.75) is 31.3 Å². The zero-order valence-electron chi connectivity index (χ0n) is 15.2. The Balaban J connectivity index is 2.01. The van der Waals surface area contributed by atoms with Crippen LogP contribution in [0.15, 0.2) is 17.7 Å². The number of aliphatic hydroxyl groups is 1. The van der Waals surface area contributed by atoms with Crippen LogP contribution in [0.4, 0.5) is 8.78 Å². The van der Waals surface area contributed by atoms with Crippen molar-refractivity contribution in [2.75, 3.05) is 20.3 Å². The molecule has 0 aliphatic heterocycles. The van der Waals surface area contributed by atoms with Crippen molar-refractivity contribution in [3.63, 3.8) is 0 Å². The average Bonchev–Trinajstić information content (AvgIpc) is 3.10. The minimum atomic E-state index is -3.71. The van der Waals surface area contributed by atoms with Gasteiger partial charge < -0.3 is 14.6 Å². The fraction of sp³-hybridized carbons (Fsp3) is 0.526. The van der Waals surface area contributed by atoms with Gasteiger partial charge in [-0.2, -0.15) is 8.78 Å². The third kappa shape index (κ3) is 4.09. The van der Waals surface area contributed by atoms with E-state index in [1.165, 1.54) is 13.2 Å². The number of aromatic nitrogens is 1. The number of methoxy groups -OCH3 is 1. The Labute approximate surface area is 165 Å². The van der Waals surface area contributed by atoms with Gasteiger partial charge in [0.2, 0.25) is 0 Å². The SMILES string of the molecule is COCCOCc1nc(C(F)(F)Cl)ccc1C(O)=C1C(=O)C2CCC(C2)C1=O. The Morgan fingerprint density at radius 2 is 1.89 bits per heavy atom. The van der Waals surface area contributed by atoms with Crippen molar-refractivity contribution in [1.82, 2.24) is 4.98 Å². The standard InChI is InChI=1S/C19H20ClF2NO5/c1-27-6-7-28-9-13-12(4-5-14(23-13)19(20,21)22)18(26)15-16(24)10-2-3-11(8-10)17(15)25/h4-5,10-11,26H,2-3,6-9H2,1H3. The van der Waals surface area contributed by atoms with E-state index in [0.29, 0.717) is 19.3 Å². The van der Waals surface area contributed by atoms with Crippen molar-refractivity contribution in [3.8, 4) is 0 Å². The molecule has 2 fully saturated rings. The molecule has 2 atom stereocenters. The summed E-state index contributed by atoms with van der Waals surface area (Å²) < 4.78 is 37.1. The summed E-state index contributed by atoms with van der Waals surface area (Å²) in [4.78, 5) is 29.0. The second-order valence-electron chi connectivity index (χ2n) is 6.89. The molecule has 2 unspecified atom stereocenters. The van der Waals surface area contributed by atoms with Gasteiger partial charge in [0.1, 0.15) is 17.0 Å². The largest absolute Gasteiger partial charge is 0.506 e. The van der Waals surface area contributed by atoms with E-state index < -0.39 is 28.4 Å². The molecule has 6 nitrogen and oxygen atoms in total. The predicted octanol–water partition coefficient (Wildman–Crippen LogP) is 3.37. The first-order valence-electron chi connectivity index (χ1n) is 8.89. The number of hydrogen-bond donors (Lipinski definition) is 1. The molecule has 1 N–H and O–H groups in total. The molecular formula is C19H20ClF2NO5. The van der Waals surface area contributed by atoms with Crippen LogP contribution in [0, 0.1) is 11.8 Å². The van der Waals surface area contributed by atoms with Crippen LogP contribution < -0.4 is 0 Å². The lowest BCUT2D eigenvalue weighted by molar-refractivity contribution is -0.127. The van der Waals surface area contributed by atoms with E-state index in [1.807, 2.05) is 0 Å². The van der Waals surface area contributed by atoms with Gasteiger partial charge in [-0.25, -0.2) is 4.98 Å². The Bertz CT molecular complexity index is 797. The monoisotopic (exact) mass is 415 g/mol. The minimum Gasteiger partial charge on any atom is -0.506 e. The summed E-state index contributed by atoms with van der Waals surface area (Å²) in [6, 6.07) is 2.12. The molecule has 0 aromatic carbocycles. The molecule has 152 valence electrons. The first-order chi connectivity index (χ1) is 13.2. The lowest BCUT2D eigenvalue weighted by Crippen LogP contribution is -2.30. The molecule has 1 aromatic heterocycles. The highest BCUT2D eigenvalue weighted by Gasteiger charge is 2.45. The summed E-state index contributed by atoms with van der Waals surface area (Å²) in [6.07, 6.45) is 1.71. The number of aliphatic hydroxyl groups excluding tert-OH is 1. The first kappa shape index (κ1) is 20.8. The molecule has 1 aromatic rings. The molecule has 9 heteroatoms. The summed E-state index contributed by atoms with van der Waals surface area (Å²) in [5, 5.41) is 7.01. The van der Waals surface area contributed by atoms with E-state index in [0.717, 1.165) is 6.07 Å². The number of hydrogen-bond acceptors (Lipinski definition) is 6. The molecule has 2 aliphatic carbocycles. The molecule has 1 heterocycles. The summed E-state index contributed by atoms with van der Waals surface area (Å²) in [6.45, 7) is 0.207. The molecule has 3 rings (SSSR count). The number of fused-ring (bicyclic) bond motifs is 2. The van der Waals surface area contributed by atoms with Gasteiger partial charge in [-0.3, -0.25) is 9.59 Å². The van der Waals surface area contributed by atoms with Gasteiger partial charge >= 0.3 is 5.38 Å². The topological polar surface area (TPSA) is 85.7 Å². The van der Waals surface area contributed by atoms with Crippen molar-refractivity contribution < 1.29 is 33.0 Å². The average molecular weight is 416 g/mol. The van der Waals surface area contributed by atoms with E-state index in [9.17, 15) is 23.5 Å². The van der Waals surface area contributed by atoms with Gasteiger partial charge in [0.25, 0.3) is 0 Å². The number of pyridine rings is 1. The van der Waals surface area contributed by atoms with Crippen LogP contribution >= 0.6 is 11.6 Å². The highest BCUT2D eigenvalue weighted by molar-refractivity contribution is 6.27. The van der Waals surface area contributed by atoms with Crippen molar-refractivity contribution in [2.24, 2.45) is 11.8 Å². The number of ketones is 2. The van der Waals surface area contributed by atoms with Gasteiger partial charge in [-0.05, 0) is 43.0 Å². The summed E-state index contributed by atoms with van der Waals surface area (Å²) in [7, 11) is 1.48. The zero-order chi connectivity index (χ0) is 20.5. The minimum absolute atomic E-state index is 0.0000773. The number of carbonyl (C=O) groups excluding carboxylic acids is 2. The third-order valence-electron chi connectivity index (χ3n) is 5.09. The normalized spacial score (nSPS) is 22.1. The molecule has 0 saturated heterocycles. The van der Waals surface area contributed by atoms with Gasteiger partial charge in [-0.1, -0.05) is 0 Å². The highest BCUT2D eigenvalue weighted by atomic mass is 35.5. The van der Waals surface area contributed by atoms with E-state index in [2.05, 4.69) is 4.98 Å². The van der Waals surface area contributed by atoms with Crippen LogP contribution in [0.1, 0.15) is 36.2 Å². The predicted molar refractivity (Wildman–Crippen MR) is 95.9 cm³/mol. The van der Waals surface area contributed by atoms with Crippen LogP contribution in [0.25, 0.3) is 5.76 Å². The second-order valence-corrected chi connectivity index (χ2v) is 7.37. The Kier molecular flexibility index (Phi) is 6.12. The van der Waals surface area contributed by atoms with E-state index >= 15 is 0 Å². The summed E-state index contributed by atoms with van der Waals surface area (Å²) >= 11 is 5.05. The van der Waals surface area contributed by atoms with Gasteiger partial charge in [0.15, 0.2) is 11.6 Å². The lowest BCUT2D eigenvalue weighted by Gasteiger charge is -2.21. The van der Waals surface area contributed by atoms with Crippen LogP contribution in [0.2, 0.25) is 0 Å². The fourth-order valence-electron chi connectivity index (χ4n) is 3.65. The van der Waals surface area contributed by atoms with E-state index in [4.69, 9.17) is 21.1 Å². The van der Waals surface area contributed by atoms with E-state index in [-0.39, 0.29) is 48.5 Å². The van der Waals surface area contributed by atoms with Gasteiger partial charge in [-0.15, -0.1) is 0 Å². The maximum Gasteiger partial charge on any atom is 0.364 e. The Morgan fingerprint density at radius 3 is 2.46 bits per heavy atom. The maximum absolute atomic E-state index is 13.5.